The molecule has 1 aliphatic heterocycles. The van der Waals surface area contributed by atoms with Crippen LogP contribution in [0.5, 0.6) is 11.5 Å². The first kappa shape index (κ1) is 9.97. The van der Waals surface area contributed by atoms with Crippen LogP contribution in [0, 0.1) is 6.92 Å². The van der Waals surface area contributed by atoms with Crippen molar-refractivity contribution in [3.8, 4) is 11.5 Å². The first-order valence-corrected chi connectivity index (χ1v) is 5.77. The predicted octanol–water partition coefficient (Wildman–Crippen LogP) is 2.14. The van der Waals surface area contributed by atoms with Crippen LogP contribution < -0.4 is 9.47 Å². The summed E-state index contributed by atoms with van der Waals surface area (Å²) in [6.07, 6.45) is 3.35. The fourth-order valence-electron chi connectivity index (χ4n) is 2.73. The second-order valence-electron chi connectivity index (χ2n) is 4.81. The van der Waals surface area contributed by atoms with Gasteiger partial charge in [-0.2, -0.15) is 0 Å². The van der Waals surface area contributed by atoms with E-state index in [1.54, 1.807) is 0 Å². The minimum Gasteiger partial charge on any atom is -0.454 e. The van der Waals surface area contributed by atoms with Crippen LogP contribution >= 0.6 is 0 Å². The van der Waals surface area contributed by atoms with Gasteiger partial charge in [-0.25, -0.2) is 0 Å². The maximum Gasteiger partial charge on any atom is 0.231 e. The standard InChI is InChI=1S/C13H16O3/c1-9-5-11-12(16-8-15-11)6-10(9)13(7-14)3-2-4-13/h5-6,14H,2-4,7-8H2,1H3. The summed E-state index contributed by atoms with van der Waals surface area (Å²) in [5.41, 5.74) is 2.40. The van der Waals surface area contributed by atoms with Gasteiger partial charge in [0.25, 0.3) is 0 Å². The predicted molar refractivity (Wildman–Crippen MR) is 59.9 cm³/mol. The van der Waals surface area contributed by atoms with Crippen LogP contribution in [0.15, 0.2) is 12.1 Å². The molecule has 2 aliphatic rings. The maximum atomic E-state index is 9.59. The van der Waals surface area contributed by atoms with Gasteiger partial charge in [-0.1, -0.05) is 6.42 Å². The summed E-state index contributed by atoms with van der Waals surface area (Å²) in [6.45, 7) is 2.62. The van der Waals surface area contributed by atoms with Gasteiger partial charge in [0.1, 0.15) is 0 Å². The van der Waals surface area contributed by atoms with Crippen molar-refractivity contribution in [1.82, 2.24) is 0 Å². The monoisotopic (exact) mass is 220 g/mol. The lowest BCUT2D eigenvalue weighted by Gasteiger charge is -2.41. The molecule has 86 valence electrons. The van der Waals surface area contributed by atoms with Gasteiger partial charge >= 0.3 is 0 Å². The highest BCUT2D eigenvalue weighted by atomic mass is 16.7. The van der Waals surface area contributed by atoms with Crippen molar-refractivity contribution in [1.29, 1.82) is 0 Å². The molecule has 1 N–H and O–H groups in total. The van der Waals surface area contributed by atoms with Crippen molar-refractivity contribution >= 4 is 0 Å². The van der Waals surface area contributed by atoms with Gasteiger partial charge < -0.3 is 14.6 Å². The Balaban J connectivity index is 2.07. The minimum absolute atomic E-state index is 0.0228. The van der Waals surface area contributed by atoms with Crippen molar-refractivity contribution in [3.05, 3.63) is 23.3 Å². The zero-order chi connectivity index (χ0) is 11.2. The molecule has 0 amide bonds. The summed E-state index contributed by atoms with van der Waals surface area (Å²) in [6, 6.07) is 4.07. The number of aryl methyl sites for hydroxylation is 1. The van der Waals surface area contributed by atoms with Crippen molar-refractivity contribution in [2.75, 3.05) is 13.4 Å². The fourth-order valence-corrected chi connectivity index (χ4v) is 2.73. The zero-order valence-corrected chi connectivity index (χ0v) is 9.45. The fraction of sp³-hybridized carbons (Fsp3) is 0.538. The Kier molecular flexibility index (Phi) is 2.11. The Labute approximate surface area is 95.0 Å². The molecule has 0 aromatic heterocycles. The number of benzene rings is 1. The molecule has 0 unspecified atom stereocenters. The third-order valence-electron chi connectivity index (χ3n) is 3.90. The molecule has 1 saturated carbocycles. The molecule has 3 rings (SSSR count). The van der Waals surface area contributed by atoms with Crippen molar-refractivity contribution in [2.24, 2.45) is 0 Å². The summed E-state index contributed by atoms with van der Waals surface area (Å²) < 4.78 is 10.7. The number of rotatable bonds is 2. The molecule has 1 aliphatic carbocycles. The van der Waals surface area contributed by atoms with E-state index in [9.17, 15) is 5.11 Å². The molecule has 1 aromatic rings. The summed E-state index contributed by atoms with van der Waals surface area (Å²) in [5.74, 6) is 1.65. The molecule has 3 nitrogen and oxygen atoms in total. The molecule has 0 bridgehead atoms. The smallest absolute Gasteiger partial charge is 0.231 e. The maximum absolute atomic E-state index is 9.59. The first-order valence-electron chi connectivity index (χ1n) is 5.77. The van der Waals surface area contributed by atoms with Crippen LogP contribution in [-0.4, -0.2) is 18.5 Å². The van der Waals surface area contributed by atoms with E-state index < -0.39 is 0 Å². The molecule has 0 saturated heterocycles. The van der Waals surface area contributed by atoms with Gasteiger partial charge in [0.2, 0.25) is 6.79 Å². The lowest BCUT2D eigenvalue weighted by molar-refractivity contribution is 0.119. The summed E-state index contributed by atoms with van der Waals surface area (Å²) in [5, 5.41) is 9.59. The van der Waals surface area contributed by atoms with Gasteiger partial charge in [-0.05, 0) is 43.0 Å². The van der Waals surface area contributed by atoms with Crippen LogP contribution in [-0.2, 0) is 5.41 Å². The molecule has 0 spiro atoms. The van der Waals surface area contributed by atoms with E-state index in [4.69, 9.17) is 9.47 Å². The Morgan fingerprint density at radius 3 is 2.50 bits per heavy atom. The van der Waals surface area contributed by atoms with Crippen molar-refractivity contribution in [3.63, 3.8) is 0 Å². The van der Waals surface area contributed by atoms with Crippen LogP contribution in [0.2, 0.25) is 0 Å². The topological polar surface area (TPSA) is 38.7 Å². The summed E-state index contributed by atoms with van der Waals surface area (Å²) in [7, 11) is 0. The number of hydrogen-bond acceptors (Lipinski definition) is 3. The van der Waals surface area contributed by atoms with Crippen LogP contribution in [0.25, 0.3) is 0 Å². The lowest BCUT2D eigenvalue weighted by atomic mass is 9.64. The second kappa shape index (κ2) is 3.39. The van der Waals surface area contributed by atoms with Crippen LogP contribution in [0.4, 0.5) is 0 Å². The third kappa shape index (κ3) is 1.24. The largest absolute Gasteiger partial charge is 0.454 e. The highest BCUT2D eigenvalue weighted by Gasteiger charge is 2.40. The summed E-state index contributed by atoms with van der Waals surface area (Å²) >= 11 is 0. The van der Waals surface area contributed by atoms with E-state index >= 15 is 0 Å². The van der Waals surface area contributed by atoms with E-state index in [0.29, 0.717) is 6.79 Å². The van der Waals surface area contributed by atoms with Crippen molar-refractivity contribution < 1.29 is 14.6 Å². The number of ether oxygens (including phenoxy) is 2. The highest BCUT2D eigenvalue weighted by Crippen LogP contribution is 2.47. The SMILES string of the molecule is Cc1cc2c(cc1C1(CO)CCC1)OCO2. The Hall–Kier alpha value is -1.22. The molecule has 16 heavy (non-hydrogen) atoms. The van der Waals surface area contributed by atoms with E-state index in [1.165, 1.54) is 17.5 Å². The molecular formula is C13H16O3. The van der Waals surface area contributed by atoms with E-state index in [-0.39, 0.29) is 12.0 Å². The number of hydrogen-bond donors (Lipinski definition) is 1. The molecular weight excluding hydrogens is 204 g/mol. The molecule has 0 atom stereocenters. The molecule has 1 aromatic carbocycles. The van der Waals surface area contributed by atoms with Crippen LogP contribution in [0.3, 0.4) is 0 Å². The van der Waals surface area contributed by atoms with Gasteiger partial charge in [0.15, 0.2) is 11.5 Å². The quantitative estimate of drug-likeness (QED) is 0.829. The average Bonchev–Trinajstić information content (AvgIpc) is 2.64. The Bertz CT molecular complexity index is 416. The van der Waals surface area contributed by atoms with Gasteiger partial charge in [0.05, 0.1) is 6.61 Å². The lowest BCUT2D eigenvalue weighted by Crippen LogP contribution is -2.38. The number of aliphatic hydroxyl groups is 1. The molecule has 1 fully saturated rings. The minimum atomic E-state index is -0.0228. The first-order chi connectivity index (χ1) is 7.75. The zero-order valence-electron chi connectivity index (χ0n) is 9.45. The van der Waals surface area contributed by atoms with Gasteiger partial charge in [-0.15, -0.1) is 0 Å². The Morgan fingerprint density at radius 1 is 1.25 bits per heavy atom. The number of fused-ring (bicyclic) bond motifs is 1. The van der Waals surface area contributed by atoms with E-state index in [1.807, 2.05) is 12.1 Å². The van der Waals surface area contributed by atoms with Gasteiger partial charge in [-0.3, -0.25) is 0 Å². The molecule has 1 heterocycles. The normalized spacial score (nSPS) is 20.6. The highest BCUT2D eigenvalue weighted by molar-refractivity contribution is 5.51. The van der Waals surface area contributed by atoms with Crippen molar-refractivity contribution in [2.45, 2.75) is 31.6 Å². The summed E-state index contributed by atoms with van der Waals surface area (Å²) in [4.78, 5) is 0. The van der Waals surface area contributed by atoms with E-state index in [0.717, 1.165) is 24.3 Å². The van der Waals surface area contributed by atoms with Gasteiger partial charge in [0, 0.05) is 5.41 Å². The number of aliphatic hydroxyl groups excluding tert-OH is 1. The third-order valence-corrected chi connectivity index (χ3v) is 3.90. The average molecular weight is 220 g/mol. The second-order valence-corrected chi connectivity index (χ2v) is 4.81. The molecule has 3 heteroatoms. The Morgan fingerprint density at radius 2 is 1.94 bits per heavy atom. The molecule has 0 radical (unpaired) electrons. The van der Waals surface area contributed by atoms with E-state index in [2.05, 4.69) is 6.92 Å². The van der Waals surface area contributed by atoms with Crippen LogP contribution in [0.1, 0.15) is 30.4 Å².